The minimum atomic E-state index is -4.46. The third kappa shape index (κ3) is 4.48. The Morgan fingerprint density at radius 3 is 2.68 bits per heavy atom. The van der Waals surface area contributed by atoms with Gasteiger partial charge in [0.05, 0.1) is 29.4 Å². The molecule has 1 aromatic carbocycles. The molecular weight excluding hydrogens is 437 g/mol. The lowest BCUT2D eigenvalue weighted by Crippen LogP contribution is -2.61. The number of H-pyrrole nitrogens is 1. The average Bonchev–Trinajstić information content (AvgIpc) is 3.20. The molecule has 4 rings (SSSR count). The minimum Gasteiger partial charge on any atom is -0.378 e. The Labute approximate surface area is 180 Å². The first-order valence-electron chi connectivity index (χ1n) is 9.47. The lowest BCUT2D eigenvalue weighted by Gasteiger charge is -2.38. The van der Waals surface area contributed by atoms with Crippen molar-refractivity contribution >= 4 is 29.2 Å². The Balaban J connectivity index is 1.62. The van der Waals surface area contributed by atoms with Gasteiger partial charge in [-0.2, -0.15) is 13.2 Å². The van der Waals surface area contributed by atoms with Gasteiger partial charge in [-0.05, 0) is 18.2 Å². The number of aromatic nitrogens is 1. The first-order valence-corrected chi connectivity index (χ1v) is 9.85. The Kier molecular flexibility index (Phi) is 5.58. The molecule has 2 aliphatic rings. The van der Waals surface area contributed by atoms with Crippen LogP contribution in [-0.4, -0.2) is 60.7 Å². The van der Waals surface area contributed by atoms with Gasteiger partial charge in [0.15, 0.2) is 5.79 Å². The summed E-state index contributed by atoms with van der Waals surface area (Å²) >= 11 is 6.38. The van der Waals surface area contributed by atoms with Crippen LogP contribution in [0.3, 0.4) is 0 Å². The van der Waals surface area contributed by atoms with Crippen LogP contribution in [0.5, 0.6) is 0 Å². The number of fused-ring (bicyclic) bond motifs is 1. The highest BCUT2D eigenvalue weighted by Crippen LogP contribution is 2.30. The number of hydrogen-bond acceptors (Lipinski definition) is 5. The zero-order valence-corrected chi connectivity index (χ0v) is 17.0. The maximum absolute atomic E-state index is 12.7. The zero-order chi connectivity index (χ0) is 22.2. The monoisotopic (exact) mass is 456 g/mol. The van der Waals surface area contributed by atoms with E-state index >= 15 is 0 Å². The number of nitrogens with zero attached hydrogens (tertiary/aromatic N) is 2. The van der Waals surface area contributed by atoms with Crippen LogP contribution in [0.15, 0.2) is 35.5 Å². The number of nitrogens with two attached hydrogens (primary N) is 1. The molecule has 0 radical (unpaired) electrons. The molecule has 8 nitrogen and oxygen atoms in total. The van der Waals surface area contributed by atoms with Gasteiger partial charge >= 0.3 is 6.18 Å². The Hall–Kier alpha value is -2.76. The summed E-state index contributed by atoms with van der Waals surface area (Å²) in [5, 5.41) is 6.02. The van der Waals surface area contributed by atoms with Crippen molar-refractivity contribution in [2.45, 2.75) is 12.0 Å². The lowest BCUT2D eigenvalue weighted by atomic mass is 10.0. The highest BCUT2D eigenvalue weighted by Gasteiger charge is 2.37. The molecule has 1 amide bonds. The van der Waals surface area contributed by atoms with Gasteiger partial charge in [0.25, 0.3) is 5.91 Å². The van der Waals surface area contributed by atoms with Crippen molar-refractivity contribution in [3.63, 3.8) is 0 Å². The number of amides is 1. The Morgan fingerprint density at radius 1 is 1.26 bits per heavy atom. The van der Waals surface area contributed by atoms with E-state index in [-0.39, 0.29) is 16.8 Å². The van der Waals surface area contributed by atoms with Gasteiger partial charge in [-0.1, -0.05) is 17.7 Å². The van der Waals surface area contributed by atoms with Crippen molar-refractivity contribution in [2.75, 3.05) is 38.2 Å². The number of morpholine rings is 1. The molecule has 5 N–H and O–H groups in total. The Bertz CT molecular complexity index is 1020. The molecule has 0 aliphatic carbocycles. The van der Waals surface area contributed by atoms with Crippen LogP contribution < -0.4 is 16.4 Å². The molecule has 0 saturated carbocycles. The zero-order valence-electron chi connectivity index (χ0n) is 16.2. The van der Waals surface area contributed by atoms with Crippen molar-refractivity contribution < 1.29 is 22.7 Å². The fourth-order valence-corrected chi connectivity index (χ4v) is 3.72. The normalized spacial score (nSPS) is 22.6. The van der Waals surface area contributed by atoms with E-state index in [1.807, 2.05) is 0 Å². The number of halogens is 4. The summed E-state index contributed by atoms with van der Waals surface area (Å²) in [6.45, 7) is 0.494. The fourth-order valence-electron chi connectivity index (χ4n) is 3.46. The number of carbonyl (C=O) groups excluding carboxylic acids is 1. The summed E-state index contributed by atoms with van der Waals surface area (Å²) in [4.78, 5) is 20.9. The standard InChI is InChI=1S/C19H20ClF3N6O2/c20-14-9-11(1-2-12(14)17(30)29-5-7-31-8-6-29)19(24)27-15-13(3-4-25-15)16(28-19)26-10-18(21,22)23/h1-4,9,25,27H,5-8,10,24H2,(H,26,28). The van der Waals surface area contributed by atoms with E-state index in [4.69, 9.17) is 22.1 Å². The number of carbonyl (C=O) groups is 1. The van der Waals surface area contributed by atoms with Crippen LogP contribution >= 0.6 is 11.6 Å². The van der Waals surface area contributed by atoms with E-state index in [0.717, 1.165) is 0 Å². The first kappa shape index (κ1) is 21.5. The summed E-state index contributed by atoms with van der Waals surface area (Å²) in [5.41, 5.74) is 7.59. The van der Waals surface area contributed by atoms with Gasteiger partial charge in [0.2, 0.25) is 0 Å². The number of hydrogen-bond donors (Lipinski definition) is 4. The van der Waals surface area contributed by atoms with E-state index in [0.29, 0.717) is 48.8 Å². The number of amidine groups is 1. The molecule has 12 heteroatoms. The number of nitrogens with one attached hydrogen (secondary N) is 3. The van der Waals surface area contributed by atoms with Gasteiger partial charge < -0.3 is 25.3 Å². The summed E-state index contributed by atoms with van der Waals surface area (Å²) in [6.07, 6.45) is -2.90. The summed E-state index contributed by atoms with van der Waals surface area (Å²) in [6, 6.07) is 6.23. The molecule has 1 saturated heterocycles. The van der Waals surface area contributed by atoms with Gasteiger partial charge in [0, 0.05) is 24.8 Å². The molecule has 1 aromatic heterocycles. The van der Waals surface area contributed by atoms with Gasteiger partial charge in [-0.3, -0.25) is 15.5 Å². The Morgan fingerprint density at radius 2 is 2.00 bits per heavy atom. The summed E-state index contributed by atoms with van der Waals surface area (Å²) in [5.74, 6) is -1.34. The smallest absolute Gasteiger partial charge is 0.378 e. The van der Waals surface area contributed by atoms with Crippen LogP contribution in [0.25, 0.3) is 0 Å². The second-order valence-corrected chi connectivity index (χ2v) is 7.61. The summed E-state index contributed by atoms with van der Waals surface area (Å²) < 4.78 is 43.4. The molecule has 166 valence electrons. The number of aliphatic imine (C=N–C) groups is 1. The SMILES string of the molecule is NC1(c2ccc(C(=O)N3CCOCC3)c(Cl)c2)NC(=NCC(F)(F)F)c2cc[nH]c2N1. The second-order valence-electron chi connectivity index (χ2n) is 7.20. The number of benzene rings is 1. The topological polar surface area (TPSA) is 108 Å². The van der Waals surface area contributed by atoms with Crippen LogP contribution in [0.1, 0.15) is 21.5 Å². The van der Waals surface area contributed by atoms with Crippen molar-refractivity contribution in [1.82, 2.24) is 15.2 Å². The van der Waals surface area contributed by atoms with Crippen molar-refractivity contribution in [3.8, 4) is 0 Å². The van der Waals surface area contributed by atoms with Gasteiger partial charge in [-0.15, -0.1) is 0 Å². The maximum atomic E-state index is 12.7. The van der Waals surface area contributed by atoms with E-state index in [9.17, 15) is 18.0 Å². The lowest BCUT2D eigenvalue weighted by molar-refractivity contribution is -0.118. The predicted octanol–water partition coefficient (Wildman–Crippen LogP) is 2.23. The minimum absolute atomic E-state index is 0.0144. The first-order chi connectivity index (χ1) is 14.7. The number of aromatic amines is 1. The van der Waals surface area contributed by atoms with Crippen LogP contribution in [0.2, 0.25) is 5.02 Å². The van der Waals surface area contributed by atoms with E-state index in [2.05, 4.69) is 20.6 Å². The van der Waals surface area contributed by atoms with Crippen molar-refractivity contribution in [3.05, 3.63) is 52.2 Å². The molecule has 0 bridgehead atoms. The molecule has 1 unspecified atom stereocenters. The van der Waals surface area contributed by atoms with Crippen molar-refractivity contribution in [2.24, 2.45) is 10.7 Å². The van der Waals surface area contributed by atoms with Gasteiger partial charge in [-0.25, -0.2) is 0 Å². The third-order valence-electron chi connectivity index (χ3n) is 5.01. The van der Waals surface area contributed by atoms with Crippen LogP contribution in [0.4, 0.5) is 19.0 Å². The fraction of sp³-hybridized carbons (Fsp3) is 0.368. The van der Waals surface area contributed by atoms with E-state index < -0.39 is 18.5 Å². The highest BCUT2D eigenvalue weighted by molar-refractivity contribution is 6.34. The van der Waals surface area contributed by atoms with Gasteiger partial charge in [0.1, 0.15) is 18.2 Å². The molecule has 1 atom stereocenters. The third-order valence-corrected chi connectivity index (χ3v) is 5.32. The van der Waals surface area contributed by atoms with Crippen LogP contribution in [0, 0.1) is 0 Å². The molecule has 31 heavy (non-hydrogen) atoms. The molecule has 2 aliphatic heterocycles. The van der Waals surface area contributed by atoms with Crippen molar-refractivity contribution in [1.29, 1.82) is 0 Å². The predicted molar refractivity (Wildman–Crippen MR) is 109 cm³/mol. The van der Waals surface area contributed by atoms with E-state index in [1.165, 1.54) is 6.07 Å². The number of ether oxygens (including phenoxy) is 1. The number of anilines is 1. The van der Waals surface area contributed by atoms with E-state index in [1.54, 1.807) is 29.3 Å². The summed E-state index contributed by atoms with van der Waals surface area (Å²) in [7, 11) is 0. The molecule has 2 aromatic rings. The molecule has 1 fully saturated rings. The molecule has 0 spiro atoms. The molecule has 3 heterocycles. The maximum Gasteiger partial charge on any atom is 0.408 e. The number of alkyl halides is 3. The van der Waals surface area contributed by atoms with Crippen LogP contribution in [-0.2, 0) is 10.5 Å². The second kappa shape index (κ2) is 8.06. The highest BCUT2D eigenvalue weighted by atomic mass is 35.5. The number of rotatable bonds is 3. The molecular formula is C19H20ClF3N6O2. The largest absolute Gasteiger partial charge is 0.408 e. The average molecular weight is 457 g/mol. The quantitative estimate of drug-likeness (QED) is 0.566.